The summed E-state index contributed by atoms with van der Waals surface area (Å²) in [5, 5.41) is 12.8. The molecule has 4 heteroatoms. The Hall–Kier alpha value is -3.06. The van der Waals surface area contributed by atoms with Gasteiger partial charge in [0.15, 0.2) is 5.82 Å². The average molecular weight is 302 g/mol. The maximum atomic E-state index is 9.52. The zero-order chi connectivity index (χ0) is 16.4. The van der Waals surface area contributed by atoms with E-state index in [-0.39, 0.29) is 0 Å². The lowest BCUT2D eigenvalue weighted by atomic mass is 10.1. The summed E-state index contributed by atoms with van der Waals surface area (Å²) in [6, 6.07) is 16.3. The molecular weight excluding hydrogens is 284 g/mol. The number of hydrogen-bond acceptors (Lipinski definition) is 3. The van der Waals surface area contributed by atoms with Gasteiger partial charge in [0.1, 0.15) is 11.6 Å². The van der Waals surface area contributed by atoms with Crippen LogP contribution in [0.25, 0.3) is 16.6 Å². The van der Waals surface area contributed by atoms with Crippen molar-refractivity contribution in [3.63, 3.8) is 0 Å². The monoisotopic (exact) mass is 302 g/mol. The van der Waals surface area contributed by atoms with Gasteiger partial charge in [0, 0.05) is 18.9 Å². The van der Waals surface area contributed by atoms with Crippen LogP contribution in [0.5, 0.6) is 0 Å². The first-order chi connectivity index (χ1) is 11.1. The molecule has 4 nitrogen and oxygen atoms in total. The number of hydrogen-bond donors (Lipinski definition) is 1. The highest BCUT2D eigenvalue weighted by atomic mass is 15.1. The summed E-state index contributed by atoms with van der Waals surface area (Å²) in [4.78, 5) is 4.57. The average Bonchev–Trinajstić information content (AvgIpc) is 2.89. The third-order valence-electron chi connectivity index (χ3n) is 3.91. The molecule has 0 aliphatic rings. The Labute approximate surface area is 135 Å². The van der Waals surface area contributed by atoms with Crippen molar-refractivity contribution < 1.29 is 0 Å². The van der Waals surface area contributed by atoms with E-state index in [9.17, 15) is 5.26 Å². The molecule has 3 rings (SSSR count). The maximum Gasteiger partial charge on any atom is 0.153 e. The summed E-state index contributed by atoms with van der Waals surface area (Å²) in [6.07, 6.45) is 1.73. The first-order valence-corrected chi connectivity index (χ1v) is 7.46. The topological polar surface area (TPSA) is 53.6 Å². The number of para-hydroxylation sites is 2. The number of imidazole rings is 1. The molecule has 0 spiro atoms. The predicted octanol–water partition coefficient (Wildman–Crippen LogP) is 4.17. The molecule has 0 saturated heterocycles. The third-order valence-corrected chi connectivity index (χ3v) is 3.91. The summed E-state index contributed by atoms with van der Waals surface area (Å²) >= 11 is 0. The van der Waals surface area contributed by atoms with Gasteiger partial charge < -0.3 is 9.88 Å². The van der Waals surface area contributed by atoms with Crippen molar-refractivity contribution in [1.82, 2.24) is 9.55 Å². The Kier molecular flexibility index (Phi) is 3.86. The lowest BCUT2D eigenvalue weighted by Gasteiger charge is -2.07. The van der Waals surface area contributed by atoms with Crippen molar-refractivity contribution in [2.24, 2.45) is 7.05 Å². The largest absolute Gasteiger partial charge is 0.360 e. The lowest BCUT2D eigenvalue weighted by Crippen LogP contribution is -1.99. The molecule has 0 unspecified atom stereocenters. The third kappa shape index (κ3) is 2.82. The van der Waals surface area contributed by atoms with Crippen LogP contribution >= 0.6 is 0 Å². The molecular formula is C19H18N4. The fraction of sp³-hybridized carbons (Fsp3) is 0.158. The Morgan fingerprint density at radius 3 is 2.74 bits per heavy atom. The van der Waals surface area contributed by atoms with E-state index < -0.39 is 0 Å². The predicted molar refractivity (Wildman–Crippen MR) is 93.8 cm³/mol. The minimum atomic E-state index is 0.504. The number of anilines is 1. The van der Waals surface area contributed by atoms with Gasteiger partial charge in [-0.1, -0.05) is 24.3 Å². The van der Waals surface area contributed by atoms with E-state index in [0.29, 0.717) is 11.4 Å². The van der Waals surface area contributed by atoms with Crippen LogP contribution in [0.2, 0.25) is 0 Å². The number of nitrogens with one attached hydrogen (secondary N) is 1. The van der Waals surface area contributed by atoms with E-state index in [1.807, 2.05) is 49.7 Å². The van der Waals surface area contributed by atoms with Gasteiger partial charge in [0.05, 0.1) is 11.0 Å². The Bertz CT molecular complexity index is 942. The maximum absolute atomic E-state index is 9.52. The summed E-state index contributed by atoms with van der Waals surface area (Å²) in [5.41, 5.74) is 5.70. The van der Waals surface area contributed by atoms with Crippen LogP contribution in [0.1, 0.15) is 17.0 Å². The Balaban J connectivity index is 2.00. The van der Waals surface area contributed by atoms with Gasteiger partial charge in [-0.25, -0.2) is 4.98 Å². The fourth-order valence-electron chi connectivity index (χ4n) is 2.57. The number of allylic oxidation sites excluding steroid dienone is 1. The van der Waals surface area contributed by atoms with Crippen LogP contribution in [-0.2, 0) is 7.05 Å². The number of aromatic nitrogens is 2. The highest BCUT2D eigenvalue weighted by Gasteiger charge is 2.11. The number of aryl methyl sites for hydroxylation is 3. The Morgan fingerprint density at radius 2 is 2.00 bits per heavy atom. The van der Waals surface area contributed by atoms with Crippen molar-refractivity contribution in [1.29, 1.82) is 5.26 Å². The molecule has 114 valence electrons. The number of rotatable bonds is 3. The summed E-state index contributed by atoms with van der Waals surface area (Å²) in [5.74, 6) is 0.659. The molecule has 1 aromatic heterocycles. The van der Waals surface area contributed by atoms with Crippen molar-refractivity contribution in [2.75, 3.05) is 5.32 Å². The molecule has 1 N–H and O–H groups in total. The van der Waals surface area contributed by atoms with Gasteiger partial charge in [-0.05, 0) is 43.2 Å². The molecule has 0 radical (unpaired) electrons. The highest BCUT2D eigenvalue weighted by Crippen LogP contribution is 2.21. The van der Waals surface area contributed by atoms with Crippen LogP contribution in [0.4, 0.5) is 5.69 Å². The first-order valence-electron chi connectivity index (χ1n) is 7.46. The fourth-order valence-corrected chi connectivity index (χ4v) is 2.57. The number of fused-ring (bicyclic) bond motifs is 1. The van der Waals surface area contributed by atoms with E-state index >= 15 is 0 Å². The van der Waals surface area contributed by atoms with Crippen LogP contribution in [0.3, 0.4) is 0 Å². The summed E-state index contributed by atoms with van der Waals surface area (Å²) < 4.78 is 1.94. The minimum Gasteiger partial charge on any atom is -0.360 e. The van der Waals surface area contributed by atoms with E-state index in [2.05, 4.69) is 34.6 Å². The van der Waals surface area contributed by atoms with Crippen molar-refractivity contribution in [3.8, 4) is 6.07 Å². The zero-order valence-electron chi connectivity index (χ0n) is 13.5. The molecule has 0 amide bonds. The van der Waals surface area contributed by atoms with Gasteiger partial charge >= 0.3 is 0 Å². The smallest absolute Gasteiger partial charge is 0.153 e. The molecule has 0 atom stereocenters. The minimum absolute atomic E-state index is 0.504. The normalized spacial score (nSPS) is 11.5. The Morgan fingerprint density at radius 1 is 1.22 bits per heavy atom. The van der Waals surface area contributed by atoms with Crippen molar-refractivity contribution in [3.05, 3.63) is 65.6 Å². The zero-order valence-corrected chi connectivity index (χ0v) is 13.5. The van der Waals surface area contributed by atoms with Gasteiger partial charge in [-0.2, -0.15) is 5.26 Å². The van der Waals surface area contributed by atoms with Crippen LogP contribution in [0, 0.1) is 25.2 Å². The van der Waals surface area contributed by atoms with Gasteiger partial charge in [0.2, 0.25) is 0 Å². The van der Waals surface area contributed by atoms with Crippen molar-refractivity contribution in [2.45, 2.75) is 13.8 Å². The molecule has 0 aliphatic carbocycles. The van der Waals surface area contributed by atoms with Gasteiger partial charge in [-0.3, -0.25) is 0 Å². The standard InChI is InChI=1S/C19H18N4/c1-13-8-9-14(2)17(10-13)21-12-15(11-20)19-22-16-6-4-5-7-18(16)23(19)3/h4-10,12,21H,1-3H3/b15-12-. The summed E-state index contributed by atoms with van der Waals surface area (Å²) in [6.45, 7) is 4.09. The second-order valence-corrected chi connectivity index (χ2v) is 5.62. The molecule has 0 fully saturated rings. The molecule has 0 bridgehead atoms. The van der Waals surface area contributed by atoms with Crippen LogP contribution < -0.4 is 5.32 Å². The quantitative estimate of drug-likeness (QED) is 0.739. The van der Waals surface area contributed by atoms with Gasteiger partial charge in [-0.15, -0.1) is 0 Å². The lowest BCUT2D eigenvalue weighted by molar-refractivity contribution is 0.924. The SMILES string of the molecule is Cc1ccc(C)c(N/C=C(/C#N)c2nc3ccccc3n2C)c1. The molecule has 0 saturated carbocycles. The van der Waals surface area contributed by atoms with Crippen LogP contribution in [-0.4, -0.2) is 9.55 Å². The number of benzene rings is 2. The van der Waals surface area contributed by atoms with Crippen LogP contribution in [0.15, 0.2) is 48.7 Å². The van der Waals surface area contributed by atoms with Gasteiger partial charge in [0.25, 0.3) is 0 Å². The van der Waals surface area contributed by atoms with Crippen molar-refractivity contribution >= 4 is 22.3 Å². The van der Waals surface area contributed by atoms with E-state index in [1.54, 1.807) is 6.20 Å². The highest BCUT2D eigenvalue weighted by molar-refractivity contribution is 5.83. The molecule has 0 aliphatic heterocycles. The molecule has 2 aromatic carbocycles. The molecule has 1 heterocycles. The van der Waals surface area contributed by atoms with E-state index in [0.717, 1.165) is 22.3 Å². The second-order valence-electron chi connectivity index (χ2n) is 5.62. The first kappa shape index (κ1) is 14.9. The number of nitrogens with zero attached hydrogens (tertiary/aromatic N) is 3. The van der Waals surface area contributed by atoms with E-state index in [4.69, 9.17) is 0 Å². The second kappa shape index (κ2) is 5.98. The molecule has 23 heavy (non-hydrogen) atoms. The summed E-state index contributed by atoms with van der Waals surface area (Å²) in [7, 11) is 1.92. The van der Waals surface area contributed by atoms with E-state index in [1.165, 1.54) is 5.56 Å². The number of nitriles is 1. The molecule has 3 aromatic rings.